The number of rotatable bonds is 3. The summed E-state index contributed by atoms with van der Waals surface area (Å²) in [7, 11) is 1.76. The fraction of sp³-hybridized carbons (Fsp3) is 0.500. The van der Waals surface area contributed by atoms with Crippen LogP contribution in [-0.2, 0) is 16.0 Å². The van der Waals surface area contributed by atoms with Gasteiger partial charge in [0.1, 0.15) is 0 Å². The van der Waals surface area contributed by atoms with E-state index in [1.807, 2.05) is 12.1 Å². The van der Waals surface area contributed by atoms with Gasteiger partial charge in [-0.15, -0.1) is 0 Å². The van der Waals surface area contributed by atoms with Gasteiger partial charge in [-0.05, 0) is 48.9 Å². The van der Waals surface area contributed by atoms with Gasteiger partial charge >= 0.3 is 5.97 Å². The fourth-order valence-electron chi connectivity index (χ4n) is 3.56. The molecular formula is C18H22N2O4. The van der Waals surface area contributed by atoms with E-state index in [0.717, 1.165) is 24.1 Å². The van der Waals surface area contributed by atoms with Crippen LogP contribution in [0.1, 0.15) is 41.6 Å². The number of piperidine rings is 1. The lowest BCUT2D eigenvalue weighted by Gasteiger charge is -2.32. The van der Waals surface area contributed by atoms with Crippen LogP contribution in [0.15, 0.2) is 18.2 Å². The van der Waals surface area contributed by atoms with Gasteiger partial charge in [-0.1, -0.05) is 0 Å². The molecule has 0 atom stereocenters. The summed E-state index contributed by atoms with van der Waals surface area (Å²) in [5.41, 5.74) is 2.56. The smallest absolute Gasteiger partial charge is 0.303 e. The second-order valence-electron chi connectivity index (χ2n) is 6.63. The van der Waals surface area contributed by atoms with Crippen molar-refractivity contribution < 1.29 is 19.5 Å². The second-order valence-corrected chi connectivity index (χ2v) is 6.63. The minimum Gasteiger partial charge on any atom is -0.481 e. The van der Waals surface area contributed by atoms with Crippen molar-refractivity contribution >= 4 is 23.5 Å². The number of hydrogen-bond acceptors (Lipinski definition) is 3. The van der Waals surface area contributed by atoms with E-state index in [2.05, 4.69) is 0 Å². The zero-order valence-electron chi connectivity index (χ0n) is 13.8. The van der Waals surface area contributed by atoms with Crippen molar-refractivity contribution in [2.45, 2.75) is 32.1 Å². The van der Waals surface area contributed by atoms with Crippen LogP contribution in [0.2, 0.25) is 0 Å². The lowest BCUT2D eigenvalue weighted by atomic mass is 9.93. The first kappa shape index (κ1) is 16.5. The molecule has 0 saturated carbocycles. The quantitative estimate of drug-likeness (QED) is 0.918. The Morgan fingerprint density at radius 2 is 1.92 bits per heavy atom. The number of hydrogen-bond donors (Lipinski definition) is 1. The van der Waals surface area contributed by atoms with Gasteiger partial charge in [0.05, 0.1) is 0 Å². The summed E-state index contributed by atoms with van der Waals surface area (Å²) < 4.78 is 0. The monoisotopic (exact) mass is 330 g/mol. The summed E-state index contributed by atoms with van der Waals surface area (Å²) in [5, 5.41) is 8.86. The molecule has 2 amide bonds. The van der Waals surface area contributed by atoms with Crippen molar-refractivity contribution in [2.24, 2.45) is 5.92 Å². The number of aryl methyl sites for hydroxylation is 1. The van der Waals surface area contributed by atoms with Crippen LogP contribution in [0.4, 0.5) is 5.69 Å². The summed E-state index contributed by atoms with van der Waals surface area (Å²) >= 11 is 0. The number of carboxylic acids is 1. The van der Waals surface area contributed by atoms with Gasteiger partial charge in [0, 0.05) is 44.2 Å². The van der Waals surface area contributed by atoms with E-state index >= 15 is 0 Å². The van der Waals surface area contributed by atoms with Crippen LogP contribution in [0.25, 0.3) is 0 Å². The number of nitrogens with zero attached hydrogens (tertiary/aromatic N) is 2. The Labute approximate surface area is 141 Å². The molecule has 0 bridgehead atoms. The van der Waals surface area contributed by atoms with Gasteiger partial charge in [0.25, 0.3) is 5.91 Å². The molecule has 2 aliphatic rings. The van der Waals surface area contributed by atoms with Crippen LogP contribution in [0, 0.1) is 5.92 Å². The van der Waals surface area contributed by atoms with Crippen molar-refractivity contribution in [1.82, 2.24) is 4.90 Å². The maximum atomic E-state index is 12.7. The van der Waals surface area contributed by atoms with E-state index in [1.165, 1.54) is 0 Å². The molecule has 0 aromatic heterocycles. The zero-order valence-corrected chi connectivity index (χ0v) is 13.8. The number of likely N-dealkylation sites (tertiary alicyclic amines) is 1. The predicted molar refractivity (Wildman–Crippen MR) is 89.1 cm³/mol. The Bertz CT molecular complexity index is 678. The SMILES string of the molecule is CN1C(=O)CCc2cc(C(=O)N3CCC(CC(=O)O)CC3)ccc21. The number of carbonyl (C=O) groups excluding carboxylic acids is 2. The number of fused-ring (bicyclic) bond motifs is 1. The average molecular weight is 330 g/mol. The Balaban J connectivity index is 1.68. The third-order valence-corrected chi connectivity index (χ3v) is 5.04. The van der Waals surface area contributed by atoms with Gasteiger partial charge in [0.2, 0.25) is 5.91 Å². The molecule has 3 rings (SSSR count). The molecule has 0 aliphatic carbocycles. The van der Waals surface area contributed by atoms with E-state index in [0.29, 0.717) is 31.5 Å². The zero-order chi connectivity index (χ0) is 17.3. The molecule has 6 nitrogen and oxygen atoms in total. The molecule has 2 aliphatic heterocycles. The highest BCUT2D eigenvalue weighted by atomic mass is 16.4. The van der Waals surface area contributed by atoms with E-state index in [9.17, 15) is 14.4 Å². The number of amides is 2. The van der Waals surface area contributed by atoms with E-state index in [1.54, 1.807) is 22.9 Å². The highest BCUT2D eigenvalue weighted by molar-refractivity contribution is 5.99. The maximum Gasteiger partial charge on any atom is 0.303 e. The highest BCUT2D eigenvalue weighted by Crippen LogP contribution is 2.29. The molecule has 1 N–H and O–H groups in total. The van der Waals surface area contributed by atoms with Crippen LogP contribution in [0.3, 0.4) is 0 Å². The molecule has 24 heavy (non-hydrogen) atoms. The lowest BCUT2D eigenvalue weighted by molar-refractivity contribution is -0.138. The Hall–Kier alpha value is -2.37. The van der Waals surface area contributed by atoms with Gasteiger partial charge in [0.15, 0.2) is 0 Å². The van der Waals surface area contributed by atoms with Gasteiger partial charge in [-0.2, -0.15) is 0 Å². The van der Waals surface area contributed by atoms with Crippen LogP contribution >= 0.6 is 0 Å². The topological polar surface area (TPSA) is 77.9 Å². The summed E-state index contributed by atoms with van der Waals surface area (Å²) in [6, 6.07) is 5.51. The molecule has 1 fully saturated rings. The third-order valence-electron chi connectivity index (χ3n) is 5.04. The maximum absolute atomic E-state index is 12.7. The standard InChI is InChI=1S/C18H22N2O4/c1-19-15-4-2-14(11-13(15)3-5-16(19)21)18(24)20-8-6-12(7-9-20)10-17(22)23/h2,4,11-12H,3,5-10H2,1H3,(H,22,23). The molecule has 1 saturated heterocycles. The first-order chi connectivity index (χ1) is 11.5. The van der Waals surface area contributed by atoms with Crippen LogP contribution < -0.4 is 4.90 Å². The van der Waals surface area contributed by atoms with Crippen molar-refractivity contribution in [3.8, 4) is 0 Å². The van der Waals surface area contributed by atoms with Gasteiger partial charge in [-0.25, -0.2) is 0 Å². The fourth-order valence-corrected chi connectivity index (χ4v) is 3.56. The Kier molecular flexibility index (Phi) is 4.55. The summed E-state index contributed by atoms with van der Waals surface area (Å²) in [4.78, 5) is 38.7. The number of carbonyl (C=O) groups is 3. The van der Waals surface area contributed by atoms with Crippen LogP contribution in [0.5, 0.6) is 0 Å². The first-order valence-electron chi connectivity index (χ1n) is 8.36. The van der Waals surface area contributed by atoms with Crippen molar-refractivity contribution in [3.05, 3.63) is 29.3 Å². The summed E-state index contributed by atoms with van der Waals surface area (Å²) in [6.45, 7) is 1.21. The van der Waals surface area contributed by atoms with E-state index in [4.69, 9.17) is 5.11 Å². The Morgan fingerprint density at radius 3 is 2.58 bits per heavy atom. The van der Waals surface area contributed by atoms with Crippen molar-refractivity contribution in [1.29, 1.82) is 0 Å². The van der Waals surface area contributed by atoms with E-state index < -0.39 is 5.97 Å². The normalized spacial score (nSPS) is 18.5. The molecule has 128 valence electrons. The Morgan fingerprint density at radius 1 is 1.21 bits per heavy atom. The first-order valence-corrected chi connectivity index (χ1v) is 8.36. The number of benzene rings is 1. The van der Waals surface area contributed by atoms with Gasteiger partial charge in [-0.3, -0.25) is 14.4 Å². The largest absolute Gasteiger partial charge is 0.481 e. The second kappa shape index (κ2) is 6.63. The molecule has 0 spiro atoms. The number of aliphatic carboxylic acids is 1. The van der Waals surface area contributed by atoms with Crippen molar-refractivity contribution in [2.75, 3.05) is 25.0 Å². The average Bonchev–Trinajstić information content (AvgIpc) is 2.57. The minimum atomic E-state index is -0.770. The number of carboxylic acid groups (broad SMARTS) is 1. The number of anilines is 1. The minimum absolute atomic E-state index is 0.00821. The molecular weight excluding hydrogens is 308 g/mol. The highest BCUT2D eigenvalue weighted by Gasteiger charge is 2.26. The van der Waals surface area contributed by atoms with Crippen molar-refractivity contribution in [3.63, 3.8) is 0 Å². The molecule has 0 radical (unpaired) electrons. The summed E-state index contributed by atoms with van der Waals surface area (Å²) in [6.07, 6.45) is 2.80. The third kappa shape index (κ3) is 3.27. The lowest BCUT2D eigenvalue weighted by Crippen LogP contribution is -2.39. The molecule has 2 heterocycles. The predicted octanol–water partition coefficient (Wildman–Crippen LogP) is 1.92. The van der Waals surface area contributed by atoms with Crippen LogP contribution in [-0.4, -0.2) is 47.9 Å². The molecule has 1 aromatic rings. The van der Waals surface area contributed by atoms with Gasteiger partial charge < -0.3 is 14.9 Å². The molecule has 6 heteroatoms. The molecule has 0 unspecified atom stereocenters. The summed E-state index contributed by atoms with van der Waals surface area (Å²) in [5.74, 6) is -0.518. The molecule has 1 aromatic carbocycles. The van der Waals surface area contributed by atoms with E-state index in [-0.39, 0.29) is 24.2 Å².